The second-order valence-corrected chi connectivity index (χ2v) is 8.44. The number of benzene rings is 2. The van der Waals surface area contributed by atoms with Gasteiger partial charge in [-0.05, 0) is 36.4 Å². The monoisotopic (exact) mass is 588 g/mol. The molecule has 0 aliphatic heterocycles. The Morgan fingerprint density at radius 3 is 1.12 bits per heavy atom. The van der Waals surface area contributed by atoms with E-state index >= 15 is 0 Å². The first-order valence-electron chi connectivity index (χ1n) is 5.64. The molecule has 0 radical (unpaired) electrons. The molecule has 0 N–H and O–H groups in total. The Bertz CT molecular complexity index is 884. The summed E-state index contributed by atoms with van der Waals surface area (Å²) in [7, 11) is -9.04. The summed E-state index contributed by atoms with van der Waals surface area (Å²) in [5, 5.41) is 0.0893. The average Bonchev–Trinajstić information content (AvgIpc) is 2.42. The third-order valence-corrected chi connectivity index (χ3v) is 5.43. The molecule has 2 rings (SSSR count). The molecule has 0 amide bonds. The van der Waals surface area contributed by atoms with Gasteiger partial charge in [0.25, 0.3) is 0 Å². The van der Waals surface area contributed by atoms with Crippen LogP contribution in [0.4, 0.5) is 0 Å². The molecule has 0 atom stereocenters. The van der Waals surface area contributed by atoms with Crippen molar-refractivity contribution in [2.24, 2.45) is 0 Å². The van der Waals surface area contributed by atoms with Crippen molar-refractivity contribution in [1.82, 2.24) is 0 Å². The van der Waals surface area contributed by atoms with Crippen molar-refractivity contribution >= 4 is 116 Å². The quantitative estimate of drug-likeness (QED) is 0.392. The van der Waals surface area contributed by atoms with E-state index in [-0.39, 0.29) is 69.0 Å². The third kappa shape index (κ3) is 8.69. The van der Waals surface area contributed by atoms with E-state index in [0.29, 0.717) is 0 Å². The van der Waals surface area contributed by atoms with Gasteiger partial charge in [0.15, 0.2) is 0 Å². The average molecular weight is 589 g/mol. The van der Waals surface area contributed by atoms with E-state index in [1.165, 1.54) is 24.3 Å². The SMILES string of the molecule is O=S(=O)([O-])c1cc(Cl)ccc1Cl.O=S(=O)([O-])c1cc(Cl)ccc1Cl.[Ba+2]. The molecule has 132 valence electrons. The summed E-state index contributed by atoms with van der Waals surface area (Å²) in [6.07, 6.45) is 0. The summed E-state index contributed by atoms with van der Waals surface area (Å²) < 4.78 is 63.0. The second kappa shape index (κ2) is 10.5. The van der Waals surface area contributed by atoms with E-state index in [9.17, 15) is 25.9 Å². The molecule has 13 heteroatoms. The van der Waals surface area contributed by atoms with E-state index in [4.69, 9.17) is 46.4 Å². The molecule has 2 aromatic rings. The van der Waals surface area contributed by atoms with Crippen LogP contribution >= 0.6 is 46.4 Å². The molecule has 0 aliphatic rings. The minimum atomic E-state index is -4.52. The topological polar surface area (TPSA) is 114 Å². The number of hydrogen-bond acceptors (Lipinski definition) is 6. The molecule has 0 fully saturated rings. The summed E-state index contributed by atoms with van der Waals surface area (Å²) in [5.41, 5.74) is 0. The van der Waals surface area contributed by atoms with Gasteiger partial charge in [0.05, 0.1) is 19.8 Å². The second-order valence-electron chi connectivity index (χ2n) is 4.06. The van der Waals surface area contributed by atoms with Gasteiger partial charge in [-0.2, -0.15) is 0 Å². The maximum atomic E-state index is 10.5. The first kappa shape index (κ1) is 26.0. The van der Waals surface area contributed by atoms with Crippen LogP contribution in [0.15, 0.2) is 46.2 Å². The maximum Gasteiger partial charge on any atom is 2.00 e. The first-order valence-corrected chi connectivity index (χ1v) is 9.97. The van der Waals surface area contributed by atoms with Crippen LogP contribution in [-0.4, -0.2) is 74.8 Å². The standard InChI is InChI=1S/2C6H4Cl2O3S.Ba/c2*7-4-1-2-5(8)6(3-4)12(9,10)11;/h2*1-3H,(H,9,10,11);/q;;+2/p-2. The summed E-state index contributed by atoms with van der Waals surface area (Å²) in [6.45, 7) is 0. The molecule has 6 nitrogen and oxygen atoms in total. The Balaban J connectivity index is 0.000000443. The first-order chi connectivity index (χ1) is 10.8. The van der Waals surface area contributed by atoms with Gasteiger partial charge in [0.1, 0.15) is 20.2 Å². The van der Waals surface area contributed by atoms with Crippen LogP contribution in [0.25, 0.3) is 0 Å². The van der Waals surface area contributed by atoms with E-state index in [1.807, 2.05) is 0 Å². The van der Waals surface area contributed by atoms with E-state index in [0.717, 1.165) is 12.1 Å². The zero-order chi connectivity index (χ0) is 18.7. The fourth-order valence-electron chi connectivity index (χ4n) is 1.34. The molecule has 0 saturated carbocycles. The van der Waals surface area contributed by atoms with Gasteiger partial charge in [0, 0.05) is 10.0 Å². The van der Waals surface area contributed by atoms with Crippen molar-refractivity contribution in [2.75, 3.05) is 0 Å². The van der Waals surface area contributed by atoms with Crippen molar-refractivity contribution in [3.63, 3.8) is 0 Å². The molecule has 0 spiro atoms. The van der Waals surface area contributed by atoms with E-state index in [2.05, 4.69) is 0 Å². The Kier molecular flexibility index (Phi) is 10.9. The predicted octanol–water partition coefficient (Wildman–Crippen LogP) is 3.41. The Morgan fingerprint density at radius 2 is 0.920 bits per heavy atom. The van der Waals surface area contributed by atoms with Crippen LogP contribution in [0.3, 0.4) is 0 Å². The Labute approximate surface area is 205 Å². The number of hydrogen-bond donors (Lipinski definition) is 0. The fraction of sp³-hybridized carbons (Fsp3) is 0. The smallest absolute Gasteiger partial charge is 0.744 e. The van der Waals surface area contributed by atoms with Crippen molar-refractivity contribution in [3.8, 4) is 0 Å². The Hall–Kier alpha value is 0.991. The molecule has 2 aromatic carbocycles. The van der Waals surface area contributed by atoms with Crippen LogP contribution in [0, 0.1) is 0 Å². The van der Waals surface area contributed by atoms with E-state index in [1.54, 1.807) is 0 Å². The van der Waals surface area contributed by atoms with Gasteiger partial charge in [0.2, 0.25) is 0 Å². The Morgan fingerprint density at radius 1 is 0.640 bits per heavy atom. The summed E-state index contributed by atoms with van der Waals surface area (Å²) in [5.74, 6) is 0. The van der Waals surface area contributed by atoms with Crippen molar-refractivity contribution in [2.45, 2.75) is 9.79 Å². The molecule has 0 aliphatic carbocycles. The van der Waals surface area contributed by atoms with Gasteiger partial charge in [-0.15, -0.1) is 0 Å². The molecule has 25 heavy (non-hydrogen) atoms. The van der Waals surface area contributed by atoms with Crippen molar-refractivity contribution in [3.05, 3.63) is 56.5 Å². The minimum absolute atomic E-state index is 0. The van der Waals surface area contributed by atoms with Crippen LogP contribution < -0.4 is 0 Å². The number of halogens is 4. The zero-order valence-electron chi connectivity index (χ0n) is 11.9. The summed E-state index contributed by atoms with van der Waals surface area (Å²) in [6, 6.07) is 7.36. The summed E-state index contributed by atoms with van der Waals surface area (Å²) >= 11 is 21.8. The van der Waals surface area contributed by atoms with Gasteiger partial charge in [-0.25, -0.2) is 16.8 Å². The van der Waals surface area contributed by atoms with Crippen molar-refractivity contribution < 1.29 is 25.9 Å². The van der Waals surface area contributed by atoms with Gasteiger partial charge in [-0.1, -0.05) is 46.4 Å². The van der Waals surface area contributed by atoms with E-state index < -0.39 is 30.0 Å². The summed E-state index contributed by atoms with van der Waals surface area (Å²) in [4.78, 5) is -0.978. The zero-order valence-corrected chi connectivity index (χ0v) is 21.0. The van der Waals surface area contributed by atoms with Gasteiger partial charge >= 0.3 is 48.9 Å². The van der Waals surface area contributed by atoms with Gasteiger partial charge < -0.3 is 9.11 Å². The molecular formula is C12H6BaCl4O6S2. The van der Waals surface area contributed by atoms with Crippen molar-refractivity contribution in [1.29, 1.82) is 0 Å². The predicted molar refractivity (Wildman–Crippen MR) is 94.6 cm³/mol. The molecule has 0 saturated heterocycles. The van der Waals surface area contributed by atoms with Crippen LogP contribution in [0.1, 0.15) is 0 Å². The number of rotatable bonds is 2. The normalized spacial score (nSPS) is 11.1. The fourth-order valence-corrected chi connectivity index (χ4v) is 3.77. The molecular weight excluding hydrogens is 583 g/mol. The maximum absolute atomic E-state index is 10.5. The van der Waals surface area contributed by atoms with Gasteiger partial charge in [-0.3, -0.25) is 0 Å². The van der Waals surface area contributed by atoms with Crippen LogP contribution in [0.2, 0.25) is 20.1 Å². The minimum Gasteiger partial charge on any atom is -0.744 e. The third-order valence-electron chi connectivity index (χ3n) is 2.33. The molecule has 0 bridgehead atoms. The molecule has 0 aromatic heterocycles. The molecule has 0 heterocycles. The van der Waals surface area contributed by atoms with Crippen LogP contribution in [0.5, 0.6) is 0 Å². The molecule has 0 unspecified atom stereocenters. The van der Waals surface area contributed by atoms with Crippen LogP contribution in [-0.2, 0) is 20.2 Å². The largest absolute Gasteiger partial charge is 2.00 e.